The second kappa shape index (κ2) is 4.02. The third-order valence-corrected chi connectivity index (χ3v) is 3.12. The molecule has 1 atom stereocenters. The summed E-state index contributed by atoms with van der Waals surface area (Å²) in [4.78, 5) is 0.891. The summed E-state index contributed by atoms with van der Waals surface area (Å²) in [5, 5.41) is 0. The maximum atomic E-state index is 11.3. The lowest BCUT2D eigenvalue weighted by Gasteiger charge is -1.97. The summed E-state index contributed by atoms with van der Waals surface area (Å²) in [5.41, 5.74) is 0. The Morgan fingerprint density at radius 1 is 1.55 bits per heavy atom. The van der Waals surface area contributed by atoms with Crippen LogP contribution in [0.2, 0.25) is 0 Å². The van der Waals surface area contributed by atoms with E-state index in [1.165, 1.54) is 0 Å². The minimum atomic E-state index is -0.831. The highest BCUT2D eigenvalue weighted by molar-refractivity contribution is 9.10. The van der Waals surface area contributed by atoms with Gasteiger partial charge in [-0.25, -0.2) is 0 Å². The van der Waals surface area contributed by atoms with Crippen LogP contribution in [0.1, 0.15) is 6.92 Å². The van der Waals surface area contributed by atoms with Gasteiger partial charge in [0.05, 0.1) is 10.8 Å². The molecule has 0 bridgehead atoms. The van der Waals surface area contributed by atoms with Gasteiger partial charge < -0.3 is 0 Å². The summed E-state index contributed by atoms with van der Waals surface area (Å²) in [5.74, 6) is 0.677. The fraction of sp³-hybridized carbons (Fsp3) is 0.250. The SMILES string of the molecule is CC[S@@](=O)c1cccc(Br)c1. The van der Waals surface area contributed by atoms with Gasteiger partial charge in [0, 0.05) is 15.1 Å². The molecular weight excluding hydrogens is 224 g/mol. The number of rotatable bonds is 2. The number of benzene rings is 1. The van der Waals surface area contributed by atoms with E-state index in [0.29, 0.717) is 5.75 Å². The second-order valence-electron chi connectivity index (χ2n) is 2.09. The number of hydrogen-bond donors (Lipinski definition) is 0. The van der Waals surface area contributed by atoms with Crippen molar-refractivity contribution in [1.82, 2.24) is 0 Å². The average Bonchev–Trinajstić information content (AvgIpc) is 2.03. The first-order valence-electron chi connectivity index (χ1n) is 3.38. The molecule has 0 amide bonds. The summed E-state index contributed by atoms with van der Waals surface area (Å²) >= 11 is 3.33. The average molecular weight is 233 g/mol. The lowest BCUT2D eigenvalue weighted by atomic mass is 10.4. The minimum Gasteiger partial charge on any atom is -0.254 e. The lowest BCUT2D eigenvalue weighted by Crippen LogP contribution is -1.92. The van der Waals surface area contributed by atoms with Crippen LogP contribution in [-0.2, 0) is 10.8 Å². The normalized spacial score (nSPS) is 12.9. The van der Waals surface area contributed by atoms with Gasteiger partial charge in [0.2, 0.25) is 0 Å². The van der Waals surface area contributed by atoms with Crippen LogP contribution >= 0.6 is 15.9 Å². The zero-order valence-corrected chi connectivity index (χ0v) is 8.61. The van der Waals surface area contributed by atoms with E-state index < -0.39 is 10.8 Å². The molecule has 1 rings (SSSR count). The van der Waals surface area contributed by atoms with Gasteiger partial charge in [-0.1, -0.05) is 28.9 Å². The summed E-state index contributed by atoms with van der Waals surface area (Å²) in [6, 6.07) is 7.59. The van der Waals surface area contributed by atoms with Crippen LogP contribution in [0.25, 0.3) is 0 Å². The molecule has 0 aliphatic carbocycles. The maximum absolute atomic E-state index is 11.3. The van der Waals surface area contributed by atoms with Crippen LogP contribution in [0.4, 0.5) is 0 Å². The monoisotopic (exact) mass is 232 g/mol. The zero-order chi connectivity index (χ0) is 8.27. The Bertz CT molecular complexity index is 273. The van der Waals surface area contributed by atoms with Crippen LogP contribution in [0.15, 0.2) is 33.6 Å². The van der Waals surface area contributed by atoms with Crippen molar-refractivity contribution in [3.05, 3.63) is 28.7 Å². The van der Waals surface area contributed by atoms with E-state index in [1.54, 1.807) is 0 Å². The Morgan fingerprint density at radius 2 is 2.27 bits per heavy atom. The van der Waals surface area contributed by atoms with Crippen LogP contribution in [0.5, 0.6) is 0 Å². The largest absolute Gasteiger partial charge is 0.254 e. The Balaban J connectivity index is 2.96. The van der Waals surface area contributed by atoms with Crippen molar-refractivity contribution < 1.29 is 4.21 Å². The Labute approximate surface area is 77.4 Å². The summed E-state index contributed by atoms with van der Waals surface area (Å²) < 4.78 is 12.2. The van der Waals surface area contributed by atoms with Crippen LogP contribution in [-0.4, -0.2) is 9.96 Å². The van der Waals surface area contributed by atoms with E-state index >= 15 is 0 Å². The molecule has 0 spiro atoms. The third-order valence-electron chi connectivity index (χ3n) is 1.32. The minimum absolute atomic E-state index is 0.677. The molecule has 0 unspecified atom stereocenters. The predicted octanol–water partition coefficient (Wildman–Crippen LogP) is 2.58. The first kappa shape index (κ1) is 8.94. The highest BCUT2D eigenvalue weighted by Crippen LogP contribution is 2.14. The van der Waals surface area contributed by atoms with Crippen LogP contribution in [0, 0.1) is 0 Å². The molecule has 0 heterocycles. The summed E-state index contributed by atoms with van der Waals surface area (Å²) in [6.07, 6.45) is 0. The standard InChI is InChI=1S/C8H9BrOS/c1-2-11(10)8-5-3-4-7(9)6-8/h3-6H,2H2,1H3/t11-/m1/s1. The molecule has 0 aliphatic heterocycles. The molecule has 0 radical (unpaired) electrons. The zero-order valence-electron chi connectivity index (χ0n) is 6.21. The Morgan fingerprint density at radius 3 is 2.82 bits per heavy atom. The molecule has 60 valence electrons. The van der Waals surface area contributed by atoms with Crippen molar-refractivity contribution in [2.75, 3.05) is 5.75 Å². The number of hydrogen-bond acceptors (Lipinski definition) is 1. The van der Waals surface area contributed by atoms with Gasteiger partial charge in [0.15, 0.2) is 0 Å². The van der Waals surface area contributed by atoms with E-state index in [-0.39, 0.29) is 0 Å². The van der Waals surface area contributed by atoms with Crippen molar-refractivity contribution in [3.63, 3.8) is 0 Å². The molecule has 11 heavy (non-hydrogen) atoms. The maximum Gasteiger partial charge on any atom is 0.0527 e. The molecule has 3 heteroatoms. The molecule has 0 saturated carbocycles. The number of halogens is 1. The fourth-order valence-corrected chi connectivity index (χ4v) is 2.15. The molecular formula is C8H9BrOS. The Kier molecular flexibility index (Phi) is 3.27. The second-order valence-corrected chi connectivity index (χ2v) is 4.75. The van der Waals surface area contributed by atoms with Crippen molar-refractivity contribution in [2.45, 2.75) is 11.8 Å². The molecule has 0 fully saturated rings. The Hall–Kier alpha value is -0.150. The highest BCUT2D eigenvalue weighted by Gasteiger charge is 1.99. The summed E-state index contributed by atoms with van der Waals surface area (Å²) in [6.45, 7) is 1.91. The van der Waals surface area contributed by atoms with Gasteiger partial charge in [-0.2, -0.15) is 0 Å². The molecule has 1 nitrogen and oxygen atoms in total. The fourth-order valence-electron chi connectivity index (χ4n) is 0.775. The van der Waals surface area contributed by atoms with E-state index in [2.05, 4.69) is 15.9 Å². The topological polar surface area (TPSA) is 17.1 Å². The van der Waals surface area contributed by atoms with Gasteiger partial charge in [0.25, 0.3) is 0 Å². The van der Waals surface area contributed by atoms with Crippen LogP contribution < -0.4 is 0 Å². The quantitative estimate of drug-likeness (QED) is 0.767. The van der Waals surface area contributed by atoms with Gasteiger partial charge >= 0.3 is 0 Å². The van der Waals surface area contributed by atoms with E-state index in [9.17, 15) is 4.21 Å². The van der Waals surface area contributed by atoms with Gasteiger partial charge in [-0.15, -0.1) is 0 Å². The smallest absolute Gasteiger partial charge is 0.0527 e. The molecule has 1 aromatic rings. The first-order valence-corrected chi connectivity index (χ1v) is 5.49. The molecule has 0 N–H and O–H groups in total. The molecule has 0 aliphatic rings. The van der Waals surface area contributed by atoms with E-state index in [4.69, 9.17) is 0 Å². The molecule has 0 saturated heterocycles. The predicted molar refractivity (Wildman–Crippen MR) is 51.1 cm³/mol. The molecule has 0 aromatic heterocycles. The first-order chi connectivity index (χ1) is 5.24. The van der Waals surface area contributed by atoms with Gasteiger partial charge in [-0.3, -0.25) is 4.21 Å². The van der Waals surface area contributed by atoms with Gasteiger partial charge in [0.1, 0.15) is 0 Å². The van der Waals surface area contributed by atoms with Crippen molar-refractivity contribution in [2.24, 2.45) is 0 Å². The summed E-state index contributed by atoms with van der Waals surface area (Å²) in [7, 11) is -0.831. The van der Waals surface area contributed by atoms with Crippen LogP contribution in [0.3, 0.4) is 0 Å². The van der Waals surface area contributed by atoms with Crippen molar-refractivity contribution in [1.29, 1.82) is 0 Å². The van der Waals surface area contributed by atoms with E-state index in [1.807, 2.05) is 31.2 Å². The molecule has 1 aromatic carbocycles. The lowest BCUT2D eigenvalue weighted by molar-refractivity contribution is 0.684. The van der Waals surface area contributed by atoms with Gasteiger partial charge in [-0.05, 0) is 18.2 Å². The van der Waals surface area contributed by atoms with Crippen molar-refractivity contribution in [3.8, 4) is 0 Å². The third kappa shape index (κ3) is 2.42. The highest BCUT2D eigenvalue weighted by atomic mass is 79.9. The van der Waals surface area contributed by atoms with E-state index in [0.717, 1.165) is 9.37 Å². The van der Waals surface area contributed by atoms with Crippen molar-refractivity contribution >= 4 is 26.7 Å².